The Hall–Kier alpha value is -1.73. The number of hydrogen-bond acceptors (Lipinski definition) is 5. The van der Waals surface area contributed by atoms with Crippen LogP contribution in [-0.4, -0.2) is 58.7 Å². The van der Waals surface area contributed by atoms with Crippen LogP contribution in [0, 0.1) is 0 Å². The molecule has 5 nitrogen and oxygen atoms in total. The van der Waals surface area contributed by atoms with Crippen molar-refractivity contribution < 1.29 is 9.16 Å². The lowest BCUT2D eigenvalue weighted by Gasteiger charge is -2.42. The molecule has 176 valence electrons. The fraction of sp³-hybridized carbons (Fsp3) is 0.520. The highest BCUT2D eigenvalue weighted by molar-refractivity contribution is 6.74. The largest absolute Gasteiger partial charge is 0.491 e. The van der Waals surface area contributed by atoms with Crippen LogP contribution in [-0.2, 0) is 4.43 Å². The van der Waals surface area contributed by atoms with Crippen LogP contribution in [0.15, 0.2) is 48.5 Å². The third-order valence-electron chi connectivity index (χ3n) is 6.61. The quantitative estimate of drug-likeness (QED) is 0.402. The predicted octanol–water partition coefficient (Wildman–Crippen LogP) is 5.51. The molecule has 0 aromatic heterocycles. The van der Waals surface area contributed by atoms with Crippen molar-refractivity contribution in [1.29, 1.82) is 0 Å². The number of hydrogen-bond donors (Lipinski definition) is 1. The SMILES string of the molecule is CC(C)(C)[Si](C)(C)O[C@@H](COc1ccc(N)cc1)CN1CCN(c2ccc(Cl)cc2)CC1. The summed E-state index contributed by atoms with van der Waals surface area (Å²) >= 11 is 6.04. The van der Waals surface area contributed by atoms with E-state index in [1.54, 1.807) is 0 Å². The molecule has 1 heterocycles. The van der Waals surface area contributed by atoms with Crippen LogP contribution in [0.3, 0.4) is 0 Å². The van der Waals surface area contributed by atoms with Gasteiger partial charge >= 0.3 is 0 Å². The van der Waals surface area contributed by atoms with E-state index in [0.717, 1.165) is 49.2 Å². The van der Waals surface area contributed by atoms with Gasteiger partial charge in [-0.2, -0.15) is 0 Å². The van der Waals surface area contributed by atoms with Gasteiger partial charge in [0, 0.05) is 49.1 Å². The summed E-state index contributed by atoms with van der Waals surface area (Å²) in [7, 11) is -1.92. The van der Waals surface area contributed by atoms with E-state index in [1.165, 1.54) is 5.69 Å². The van der Waals surface area contributed by atoms with Crippen LogP contribution in [0.1, 0.15) is 20.8 Å². The first kappa shape index (κ1) is 24.9. The Morgan fingerprint density at radius 2 is 1.56 bits per heavy atom. The van der Waals surface area contributed by atoms with Gasteiger partial charge in [-0.05, 0) is 66.7 Å². The van der Waals surface area contributed by atoms with Gasteiger partial charge in [0.25, 0.3) is 0 Å². The molecule has 0 unspecified atom stereocenters. The Bertz CT molecular complexity index is 845. The van der Waals surface area contributed by atoms with E-state index >= 15 is 0 Å². The van der Waals surface area contributed by atoms with Crippen molar-refractivity contribution in [2.24, 2.45) is 0 Å². The second-order valence-corrected chi connectivity index (χ2v) is 15.3. The molecule has 1 fully saturated rings. The van der Waals surface area contributed by atoms with Gasteiger partial charge in [0.05, 0.1) is 6.10 Å². The number of rotatable bonds is 8. The van der Waals surface area contributed by atoms with Gasteiger partial charge < -0.3 is 19.8 Å². The molecule has 0 spiro atoms. The van der Waals surface area contributed by atoms with E-state index in [4.69, 9.17) is 26.5 Å². The van der Waals surface area contributed by atoms with Crippen molar-refractivity contribution in [2.45, 2.75) is 45.0 Å². The number of ether oxygens (including phenoxy) is 1. The molecule has 1 atom stereocenters. The molecule has 1 aliphatic heterocycles. The third-order valence-corrected chi connectivity index (χ3v) is 11.4. The zero-order valence-corrected chi connectivity index (χ0v) is 21.9. The maximum atomic E-state index is 6.79. The summed E-state index contributed by atoms with van der Waals surface area (Å²) in [5, 5.41) is 0.929. The van der Waals surface area contributed by atoms with Gasteiger partial charge in [0.1, 0.15) is 12.4 Å². The minimum atomic E-state index is -1.92. The Balaban J connectivity index is 1.61. The van der Waals surface area contributed by atoms with E-state index in [0.29, 0.717) is 6.61 Å². The number of nitrogens with zero attached hydrogens (tertiary/aromatic N) is 2. The molecule has 0 bridgehead atoms. The first-order valence-corrected chi connectivity index (χ1v) is 14.7. The average Bonchev–Trinajstić information content (AvgIpc) is 2.73. The summed E-state index contributed by atoms with van der Waals surface area (Å²) in [6.07, 6.45) is 0.0236. The van der Waals surface area contributed by atoms with Gasteiger partial charge in [0.15, 0.2) is 8.32 Å². The van der Waals surface area contributed by atoms with E-state index < -0.39 is 8.32 Å². The van der Waals surface area contributed by atoms with E-state index in [2.05, 4.69) is 55.8 Å². The average molecular weight is 476 g/mol. The topological polar surface area (TPSA) is 51.0 Å². The van der Waals surface area contributed by atoms with Gasteiger partial charge in [0.2, 0.25) is 0 Å². The first-order chi connectivity index (χ1) is 15.0. The summed E-state index contributed by atoms with van der Waals surface area (Å²) in [5.41, 5.74) is 7.78. The smallest absolute Gasteiger partial charge is 0.192 e. The molecule has 0 aliphatic carbocycles. The summed E-state index contributed by atoms with van der Waals surface area (Å²) in [6.45, 7) is 16.9. The highest BCUT2D eigenvalue weighted by atomic mass is 35.5. The standard InChI is InChI=1S/C25H38ClN3O2Si/c1-25(2,3)32(4,5)31-24(19-30-23-12-8-21(27)9-13-23)18-28-14-16-29(17-15-28)22-10-6-20(26)7-11-22/h6-13,24H,14-19,27H2,1-5H3/t24-/m1/s1. The highest BCUT2D eigenvalue weighted by Crippen LogP contribution is 2.37. The Morgan fingerprint density at radius 1 is 0.969 bits per heavy atom. The zero-order chi connectivity index (χ0) is 23.4. The number of nitrogens with two attached hydrogens (primary N) is 1. The van der Waals surface area contributed by atoms with Crippen LogP contribution in [0.2, 0.25) is 23.2 Å². The fourth-order valence-corrected chi connectivity index (χ4v) is 5.05. The molecule has 0 radical (unpaired) electrons. The molecule has 2 aromatic rings. The molecule has 2 aromatic carbocycles. The number of anilines is 2. The fourth-order valence-electron chi connectivity index (χ4n) is 3.60. The molecule has 7 heteroatoms. The molecule has 0 amide bonds. The first-order valence-electron chi connectivity index (χ1n) is 11.4. The second kappa shape index (κ2) is 10.5. The van der Waals surface area contributed by atoms with Crippen LogP contribution in [0.5, 0.6) is 5.75 Å². The third kappa shape index (κ3) is 6.88. The van der Waals surface area contributed by atoms with E-state index in [-0.39, 0.29) is 11.1 Å². The van der Waals surface area contributed by atoms with E-state index in [9.17, 15) is 0 Å². The van der Waals surface area contributed by atoms with Crippen molar-refractivity contribution in [3.63, 3.8) is 0 Å². The van der Waals surface area contributed by atoms with Crippen LogP contribution >= 0.6 is 11.6 Å². The van der Waals surface area contributed by atoms with Crippen molar-refractivity contribution in [3.05, 3.63) is 53.6 Å². The maximum absolute atomic E-state index is 6.79. The maximum Gasteiger partial charge on any atom is 0.192 e. The highest BCUT2D eigenvalue weighted by Gasteiger charge is 2.39. The molecular formula is C25H38ClN3O2Si. The zero-order valence-electron chi connectivity index (χ0n) is 20.1. The Kier molecular flexibility index (Phi) is 8.14. The number of nitrogen functional groups attached to an aromatic ring is 1. The lowest BCUT2D eigenvalue weighted by molar-refractivity contribution is 0.0736. The lowest BCUT2D eigenvalue weighted by Crippen LogP contribution is -2.53. The molecule has 1 saturated heterocycles. The molecular weight excluding hydrogens is 438 g/mol. The Morgan fingerprint density at radius 3 is 2.12 bits per heavy atom. The van der Waals surface area contributed by atoms with Gasteiger partial charge in [-0.1, -0.05) is 32.4 Å². The van der Waals surface area contributed by atoms with Crippen molar-refractivity contribution >= 4 is 31.3 Å². The predicted molar refractivity (Wildman–Crippen MR) is 139 cm³/mol. The van der Waals surface area contributed by atoms with Gasteiger partial charge in [-0.25, -0.2) is 0 Å². The molecule has 32 heavy (non-hydrogen) atoms. The Labute approximate surface area is 199 Å². The summed E-state index contributed by atoms with van der Waals surface area (Å²) in [6, 6.07) is 15.7. The summed E-state index contributed by atoms with van der Waals surface area (Å²) < 4.78 is 12.9. The minimum Gasteiger partial charge on any atom is -0.491 e. The van der Waals surface area contributed by atoms with Gasteiger partial charge in [-0.15, -0.1) is 0 Å². The van der Waals surface area contributed by atoms with E-state index in [1.807, 2.05) is 36.4 Å². The minimum absolute atomic E-state index is 0.0236. The van der Waals surface area contributed by atoms with Crippen molar-refractivity contribution in [3.8, 4) is 5.75 Å². The lowest BCUT2D eigenvalue weighted by atomic mass is 10.2. The van der Waals surface area contributed by atoms with Crippen LogP contribution in [0.25, 0.3) is 0 Å². The second-order valence-electron chi connectivity index (χ2n) is 10.1. The number of piperazine rings is 1. The van der Waals surface area contributed by atoms with Crippen LogP contribution < -0.4 is 15.4 Å². The van der Waals surface area contributed by atoms with Crippen molar-refractivity contribution in [1.82, 2.24) is 4.90 Å². The summed E-state index contributed by atoms with van der Waals surface area (Å²) in [5.74, 6) is 0.829. The van der Waals surface area contributed by atoms with Crippen molar-refractivity contribution in [2.75, 3.05) is 50.0 Å². The molecule has 1 aliphatic rings. The number of benzene rings is 2. The summed E-state index contributed by atoms with van der Waals surface area (Å²) in [4.78, 5) is 4.91. The normalized spacial score (nSPS) is 16.8. The monoisotopic (exact) mass is 475 g/mol. The molecule has 0 saturated carbocycles. The number of halogens is 1. The van der Waals surface area contributed by atoms with Gasteiger partial charge in [-0.3, -0.25) is 4.90 Å². The molecule has 2 N–H and O–H groups in total. The molecule has 3 rings (SSSR count). The van der Waals surface area contributed by atoms with Crippen LogP contribution in [0.4, 0.5) is 11.4 Å².